The van der Waals surface area contributed by atoms with Crippen LogP contribution in [0.5, 0.6) is 5.75 Å². The van der Waals surface area contributed by atoms with Gasteiger partial charge in [0.25, 0.3) is 0 Å². The second-order valence-electron chi connectivity index (χ2n) is 6.93. The van der Waals surface area contributed by atoms with Gasteiger partial charge in [-0.05, 0) is 44.5 Å². The van der Waals surface area contributed by atoms with Gasteiger partial charge in [-0.1, -0.05) is 12.1 Å². The third-order valence-electron chi connectivity index (χ3n) is 4.99. The summed E-state index contributed by atoms with van der Waals surface area (Å²) in [6, 6.07) is 10.4. The molecule has 0 bridgehead atoms. The summed E-state index contributed by atoms with van der Waals surface area (Å²) in [5.41, 5.74) is 3.98. The Morgan fingerprint density at radius 1 is 1.10 bits per heavy atom. The van der Waals surface area contributed by atoms with Gasteiger partial charge in [0.2, 0.25) is 5.95 Å². The third-order valence-corrected chi connectivity index (χ3v) is 4.99. The van der Waals surface area contributed by atoms with Crippen molar-refractivity contribution in [3.8, 4) is 5.75 Å². The summed E-state index contributed by atoms with van der Waals surface area (Å²) >= 11 is 0. The van der Waals surface area contributed by atoms with E-state index in [0.29, 0.717) is 24.0 Å². The van der Waals surface area contributed by atoms with Crippen molar-refractivity contribution < 1.29 is 9.13 Å². The Kier molecular flexibility index (Phi) is 5.22. The van der Waals surface area contributed by atoms with Crippen LogP contribution in [0.3, 0.4) is 0 Å². The molecule has 0 aliphatic carbocycles. The van der Waals surface area contributed by atoms with Gasteiger partial charge in [-0.3, -0.25) is 4.68 Å². The van der Waals surface area contributed by atoms with Gasteiger partial charge >= 0.3 is 0 Å². The van der Waals surface area contributed by atoms with Crippen molar-refractivity contribution in [2.75, 3.05) is 17.7 Å². The van der Waals surface area contributed by atoms with E-state index in [1.54, 1.807) is 25.4 Å². The molecule has 0 amide bonds. The highest BCUT2D eigenvalue weighted by atomic mass is 19.1. The largest absolute Gasteiger partial charge is 0.496 e. The van der Waals surface area contributed by atoms with Crippen LogP contribution in [-0.2, 0) is 6.54 Å². The van der Waals surface area contributed by atoms with Gasteiger partial charge in [-0.2, -0.15) is 9.49 Å². The minimum Gasteiger partial charge on any atom is -0.496 e. The Morgan fingerprint density at radius 3 is 2.67 bits per heavy atom. The number of pyridine rings is 2. The quantitative estimate of drug-likeness (QED) is 0.434. The number of nitrogens with zero attached hydrogens (tertiary/aromatic N) is 4. The lowest BCUT2D eigenvalue weighted by Crippen LogP contribution is -2.01. The predicted octanol–water partition coefficient (Wildman–Crippen LogP) is 5.10. The molecule has 2 N–H and O–H groups in total. The second-order valence-corrected chi connectivity index (χ2v) is 6.93. The van der Waals surface area contributed by atoms with E-state index in [-0.39, 0.29) is 0 Å². The standard InChI is InChI=1S/C22H23FN6O/c1-5-29-16-11-20(26-19-8-6-7-18(23)25-19)24-12-15(16)22(28-29)27-21-13(2)9-10-17(30-4)14(21)3/h6-12H,5H2,1-4H3,(H,27,28)(H,24,25,26). The molecule has 4 rings (SSSR count). The maximum atomic E-state index is 13.4. The minimum absolute atomic E-state index is 0.394. The molecule has 0 unspecified atom stereocenters. The molecule has 0 spiro atoms. The third kappa shape index (κ3) is 3.63. The van der Waals surface area contributed by atoms with Crippen molar-refractivity contribution in [2.24, 2.45) is 0 Å². The van der Waals surface area contributed by atoms with E-state index in [9.17, 15) is 4.39 Å². The molecule has 30 heavy (non-hydrogen) atoms. The van der Waals surface area contributed by atoms with Crippen LogP contribution in [0.1, 0.15) is 18.1 Å². The van der Waals surface area contributed by atoms with Crippen LogP contribution in [0.2, 0.25) is 0 Å². The van der Waals surface area contributed by atoms with Crippen LogP contribution in [0.4, 0.5) is 27.5 Å². The number of benzene rings is 1. The Hall–Kier alpha value is -3.68. The number of ether oxygens (including phenoxy) is 1. The molecule has 0 fully saturated rings. The number of aromatic nitrogens is 4. The molecular formula is C22H23FN6O. The molecule has 7 nitrogen and oxygen atoms in total. The molecule has 3 heterocycles. The van der Waals surface area contributed by atoms with Crippen LogP contribution in [0.15, 0.2) is 42.6 Å². The summed E-state index contributed by atoms with van der Waals surface area (Å²) in [5, 5.41) is 12.1. The Bertz CT molecular complexity index is 1220. The fourth-order valence-electron chi connectivity index (χ4n) is 3.44. The van der Waals surface area contributed by atoms with Crippen molar-refractivity contribution >= 4 is 34.0 Å². The molecule has 3 aromatic heterocycles. The topological polar surface area (TPSA) is 76.9 Å². The van der Waals surface area contributed by atoms with Gasteiger partial charge in [-0.15, -0.1) is 0 Å². The van der Waals surface area contributed by atoms with E-state index in [0.717, 1.165) is 33.5 Å². The minimum atomic E-state index is -0.546. The lowest BCUT2D eigenvalue weighted by molar-refractivity contribution is 0.412. The van der Waals surface area contributed by atoms with E-state index in [4.69, 9.17) is 9.84 Å². The highest BCUT2D eigenvalue weighted by molar-refractivity contribution is 5.93. The van der Waals surface area contributed by atoms with E-state index in [1.807, 2.05) is 43.7 Å². The maximum Gasteiger partial charge on any atom is 0.214 e. The second kappa shape index (κ2) is 7.98. The molecule has 1 aromatic carbocycles. The van der Waals surface area contributed by atoms with Crippen molar-refractivity contribution in [3.05, 3.63) is 59.7 Å². The van der Waals surface area contributed by atoms with Gasteiger partial charge in [0, 0.05) is 30.1 Å². The first kappa shape index (κ1) is 19.6. The number of fused-ring (bicyclic) bond motifs is 1. The number of halogens is 1. The monoisotopic (exact) mass is 406 g/mol. The Labute approximate surface area is 173 Å². The van der Waals surface area contributed by atoms with Crippen LogP contribution < -0.4 is 15.4 Å². The average molecular weight is 406 g/mol. The van der Waals surface area contributed by atoms with Gasteiger partial charge in [0.15, 0.2) is 5.82 Å². The number of nitrogens with one attached hydrogen (secondary N) is 2. The molecule has 0 saturated carbocycles. The van der Waals surface area contributed by atoms with Crippen LogP contribution >= 0.6 is 0 Å². The summed E-state index contributed by atoms with van der Waals surface area (Å²) < 4.78 is 20.7. The number of hydrogen-bond donors (Lipinski definition) is 2. The first-order valence-electron chi connectivity index (χ1n) is 9.67. The first-order valence-corrected chi connectivity index (χ1v) is 9.67. The van der Waals surface area contributed by atoms with Crippen LogP contribution in [0, 0.1) is 19.8 Å². The zero-order valence-electron chi connectivity index (χ0n) is 17.3. The van der Waals surface area contributed by atoms with Crippen LogP contribution in [0.25, 0.3) is 10.9 Å². The molecule has 0 aliphatic rings. The van der Waals surface area contributed by atoms with Crippen molar-refractivity contribution in [1.82, 2.24) is 19.7 Å². The fourth-order valence-corrected chi connectivity index (χ4v) is 3.44. The molecule has 0 atom stereocenters. The zero-order valence-corrected chi connectivity index (χ0v) is 17.3. The smallest absolute Gasteiger partial charge is 0.214 e. The normalized spacial score (nSPS) is 11.0. The highest BCUT2D eigenvalue weighted by Crippen LogP contribution is 2.34. The zero-order chi connectivity index (χ0) is 21.3. The van der Waals surface area contributed by atoms with Crippen molar-refractivity contribution in [2.45, 2.75) is 27.3 Å². The number of anilines is 4. The number of rotatable bonds is 6. The highest BCUT2D eigenvalue weighted by Gasteiger charge is 2.15. The summed E-state index contributed by atoms with van der Waals surface area (Å²) in [7, 11) is 1.66. The van der Waals surface area contributed by atoms with Crippen LogP contribution in [-0.4, -0.2) is 26.9 Å². The van der Waals surface area contributed by atoms with Crippen molar-refractivity contribution in [1.29, 1.82) is 0 Å². The van der Waals surface area contributed by atoms with E-state index < -0.39 is 5.95 Å². The maximum absolute atomic E-state index is 13.4. The summed E-state index contributed by atoms with van der Waals surface area (Å²) in [6.45, 7) is 6.77. The average Bonchev–Trinajstić information content (AvgIpc) is 3.08. The number of methoxy groups -OCH3 is 1. The molecule has 0 saturated heterocycles. The number of aryl methyl sites for hydroxylation is 2. The Balaban J connectivity index is 1.72. The molecule has 4 aromatic rings. The molecule has 154 valence electrons. The van der Waals surface area contributed by atoms with Gasteiger partial charge in [-0.25, -0.2) is 9.97 Å². The van der Waals surface area contributed by atoms with Gasteiger partial charge in [0.05, 0.1) is 18.0 Å². The van der Waals surface area contributed by atoms with Crippen molar-refractivity contribution in [3.63, 3.8) is 0 Å². The lowest BCUT2D eigenvalue weighted by atomic mass is 10.1. The fraction of sp³-hybridized carbons (Fsp3) is 0.227. The summed E-state index contributed by atoms with van der Waals surface area (Å²) in [5.74, 6) is 1.94. The lowest BCUT2D eigenvalue weighted by Gasteiger charge is -2.14. The van der Waals surface area contributed by atoms with E-state index in [1.165, 1.54) is 6.07 Å². The molecular weight excluding hydrogens is 383 g/mol. The predicted molar refractivity (Wildman–Crippen MR) is 116 cm³/mol. The summed E-state index contributed by atoms with van der Waals surface area (Å²) in [4.78, 5) is 8.29. The SMILES string of the molecule is CCn1nc(Nc2c(C)ccc(OC)c2C)c2cnc(Nc3cccc(F)n3)cc21. The molecule has 0 aliphatic heterocycles. The molecule has 0 radical (unpaired) electrons. The Morgan fingerprint density at radius 2 is 1.93 bits per heavy atom. The van der Waals surface area contributed by atoms with E-state index in [2.05, 4.69) is 20.6 Å². The molecule has 8 heteroatoms. The van der Waals surface area contributed by atoms with Gasteiger partial charge in [0.1, 0.15) is 17.4 Å². The number of hydrogen-bond acceptors (Lipinski definition) is 6. The summed E-state index contributed by atoms with van der Waals surface area (Å²) in [6.07, 6.45) is 1.75. The first-order chi connectivity index (χ1) is 14.5. The van der Waals surface area contributed by atoms with Gasteiger partial charge < -0.3 is 15.4 Å². The van der Waals surface area contributed by atoms with E-state index >= 15 is 0 Å².